The fourth-order valence-electron chi connectivity index (χ4n) is 3.90. The standard InChI is InChI=1S/C17H24ClNO/c1-11(2)12-4-3-7-17(9-12)10-15(19)14-8-13(18)5-6-16(14)20-17/h5-6,8,11-12,15H,3-4,7,9-10,19H2,1-2H3/t12?,15-,17?/m1/s1. The molecule has 1 heterocycles. The van der Waals surface area contributed by atoms with Gasteiger partial charge in [0.05, 0.1) is 0 Å². The van der Waals surface area contributed by atoms with E-state index < -0.39 is 0 Å². The number of rotatable bonds is 1. The fourth-order valence-corrected chi connectivity index (χ4v) is 4.08. The molecule has 0 amide bonds. The molecule has 3 atom stereocenters. The van der Waals surface area contributed by atoms with Crippen LogP contribution in [0, 0.1) is 11.8 Å². The van der Waals surface area contributed by atoms with E-state index >= 15 is 0 Å². The van der Waals surface area contributed by atoms with Gasteiger partial charge in [0.1, 0.15) is 11.4 Å². The molecule has 20 heavy (non-hydrogen) atoms. The van der Waals surface area contributed by atoms with E-state index in [9.17, 15) is 0 Å². The van der Waals surface area contributed by atoms with Crippen LogP contribution in [0.1, 0.15) is 57.6 Å². The quantitative estimate of drug-likeness (QED) is 0.814. The van der Waals surface area contributed by atoms with Gasteiger partial charge in [-0.25, -0.2) is 0 Å². The highest BCUT2D eigenvalue weighted by molar-refractivity contribution is 6.30. The van der Waals surface area contributed by atoms with Crippen LogP contribution < -0.4 is 10.5 Å². The van der Waals surface area contributed by atoms with E-state index in [2.05, 4.69) is 13.8 Å². The lowest BCUT2D eigenvalue weighted by Crippen LogP contribution is -2.47. The molecule has 1 saturated carbocycles. The molecule has 0 bridgehead atoms. The third-order valence-electron chi connectivity index (χ3n) is 5.07. The second-order valence-electron chi connectivity index (χ2n) is 6.88. The second kappa shape index (κ2) is 5.23. The topological polar surface area (TPSA) is 35.2 Å². The number of hydrogen-bond acceptors (Lipinski definition) is 2. The molecular formula is C17H24ClNO. The molecule has 2 N–H and O–H groups in total. The molecule has 3 heteroatoms. The number of nitrogens with two attached hydrogens (primary N) is 1. The minimum absolute atomic E-state index is 0.0448. The average molecular weight is 294 g/mol. The number of ether oxygens (including phenoxy) is 1. The lowest BCUT2D eigenvalue weighted by molar-refractivity contribution is -0.0249. The molecule has 1 aliphatic heterocycles. The predicted molar refractivity (Wildman–Crippen MR) is 83.2 cm³/mol. The van der Waals surface area contributed by atoms with Crippen molar-refractivity contribution >= 4 is 11.6 Å². The van der Waals surface area contributed by atoms with Crippen molar-refractivity contribution in [2.45, 2.75) is 57.6 Å². The third kappa shape index (κ3) is 2.56. The summed E-state index contributed by atoms with van der Waals surface area (Å²) in [6, 6.07) is 5.88. The largest absolute Gasteiger partial charge is 0.487 e. The molecule has 0 aromatic heterocycles. The van der Waals surface area contributed by atoms with Gasteiger partial charge in [-0.2, -0.15) is 0 Å². The van der Waals surface area contributed by atoms with Crippen LogP contribution in [0.5, 0.6) is 5.75 Å². The maximum absolute atomic E-state index is 6.43. The maximum Gasteiger partial charge on any atom is 0.125 e. The first-order chi connectivity index (χ1) is 9.49. The molecular weight excluding hydrogens is 270 g/mol. The van der Waals surface area contributed by atoms with Crippen LogP contribution in [0.15, 0.2) is 18.2 Å². The van der Waals surface area contributed by atoms with Gasteiger partial charge in [0.15, 0.2) is 0 Å². The minimum atomic E-state index is -0.0482. The fraction of sp³-hybridized carbons (Fsp3) is 0.647. The van der Waals surface area contributed by atoms with Crippen LogP contribution in [0.4, 0.5) is 0 Å². The Morgan fingerprint density at radius 1 is 1.35 bits per heavy atom. The van der Waals surface area contributed by atoms with Gasteiger partial charge >= 0.3 is 0 Å². The average Bonchev–Trinajstić information content (AvgIpc) is 2.40. The molecule has 2 aliphatic rings. The summed E-state index contributed by atoms with van der Waals surface area (Å²) >= 11 is 6.07. The van der Waals surface area contributed by atoms with Crippen LogP contribution in [0.25, 0.3) is 0 Å². The van der Waals surface area contributed by atoms with Crippen LogP contribution in [-0.4, -0.2) is 5.60 Å². The molecule has 1 fully saturated rings. The molecule has 1 aromatic carbocycles. The minimum Gasteiger partial charge on any atom is -0.487 e. The van der Waals surface area contributed by atoms with Crippen molar-refractivity contribution in [2.75, 3.05) is 0 Å². The highest BCUT2D eigenvalue weighted by Crippen LogP contribution is 2.48. The molecule has 2 unspecified atom stereocenters. The van der Waals surface area contributed by atoms with E-state index in [-0.39, 0.29) is 11.6 Å². The number of halogens is 1. The van der Waals surface area contributed by atoms with E-state index in [1.54, 1.807) is 0 Å². The van der Waals surface area contributed by atoms with Crippen molar-refractivity contribution in [3.63, 3.8) is 0 Å². The maximum atomic E-state index is 6.43. The summed E-state index contributed by atoms with van der Waals surface area (Å²) in [5.41, 5.74) is 7.42. The van der Waals surface area contributed by atoms with Gasteiger partial charge in [-0.1, -0.05) is 25.4 Å². The molecule has 0 radical (unpaired) electrons. The van der Waals surface area contributed by atoms with E-state index in [4.69, 9.17) is 22.1 Å². The summed E-state index contributed by atoms with van der Waals surface area (Å²) in [5.74, 6) is 2.42. The Balaban J connectivity index is 1.88. The monoisotopic (exact) mass is 293 g/mol. The van der Waals surface area contributed by atoms with Crippen molar-refractivity contribution in [1.29, 1.82) is 0 Å². The van der Waals surface area contributed by atoms with Gasteiger partial charge in [-0.05, 0) is 55.7 Å². The summed E-state index contributed by atoms with van der Waals surface area (Å²) < 4.78 is 6.43. The highest BCUT2D eigenvalue weighted by Gasteiger charge is 2.43. The molecule has 2 nitrogen and oxygen atoms in total. The van der Waals surface area contributed by atoms with Crippen LogP contribution >= 0.6 is 11.6 Å². The van der Waals surface area contributed by atoms with E-state index in [0.717, 1.165) is 47.4 Å². The Morgan fingerprint density at radius 2 is 2.15 bits per heavy atom. The van der Waals surface area contributed by atoms with Gasteiger partial charge < -0.3 is 10.5 Å². The number of hydrogen-bond donors (Lipinski definition) is 1. The zero-order valence-electron chi connectivity index (χ0n) is 12.4. The molecule has 3 rings (SSSR count). The summed E-state index contributed by atoms with van der Waals surface area (Å²) in [7, 11) is 0. The predicted octanol–water partition coefficient (Wildman–Crippen LogP) is 4.71. The van der Waals surface area contributed by atoms with Crippen LogP contribution in [0.2, 0.25) is 5.02 Å². The van der Waals surface area contributed by atoms with Crippen LogP contribution in [-0.2, 0) is 0 Å². The van der Waals surface area contributed by atoms with Gasteiger partial charge in [-0.15, -0.1) is 0 Å². The zero-order chi connectivity index (χ0) is 14.3. The molecule has 1 spiro atoms. The lowest BCUT2D eigenvalue weighted by Gasteiger charge is -2.47. The van der Waals surface area contributed by atoms with Crippen LogP contribution in [0.3, 0.4) is 0 Å². The Bertz CT molecular complexity index is 502. The zero-order valence-corrected chi connectivity index (χ0v) is 13.1. The van der Waals surface area contributed by atoms with Crippen molar-refractivity contribution < 1.29 is 4.74 Å². The molecule has 110 valence electrons. The number of fused-ring (bicyclic) bond motifs is 1. The lowest BCUT2D eigenvalue weighted by atomic mass is 9.70. The smallest absolute Gasteiger partial charge is 0.125 e. The highest BCUT2D eigenvalue weighted by atomic mass is 35.5. The Hall–Kier alpha value is -0.730. The van der Waals surface area contributed by atoms with Gasteiger partial charge in [0, 0.05) is 23.0 Å². The SMILES string of the molecule is CC(C)C1CCCC2(C1)C[C@@H](N)c1cc(Cl)ccc1O2. The van der Waals surface area contributed by atoms with Crippen molar-refractivity contribution in [3.8, 4) is 5.75 Å². The Morgan fingerprint density at radius 3 is 2.90 bits per heavy atom. The van der Waals surface area contributed by atoms with Gasteiger partial charge in [-0.3, -0.25) is 0 Å². The van der Waals surface area contributed by atoms with Gasteiger partial charge in [0.25, 0.3) is 0 Å². The first-order valence-corrected chi connectivity index (χ1v) is 8.11. The van der Waals surface area contributed by atoms with E-state index in [0.29, 0.717) is 0 Å². The summed E-state index contributed by atoms with van der Waals surface area (Å²) in [4.78, 5) is 0. The molecule has 0 saturated heterocycles. The Labute approximate surface area is 126 Å². The van der Waals surface area contributed by atoms with E-state index in [1.165, 1.54) is 12.8 Å². The van der Waals surface area contributed by atoms with Gasteiger partial charge in [0.2, 0.25) is 0 Å². The second-order valence-corrected chi connectivity index (χ2v) is 7.31. The Kier molecular flexibility index (Phi) is 3.72. The third-order valence-corrected chi connectivity index (χ3v) is 5.31. The first-order valence-electron chi connectivity index (χ1n) is 7.73. The summed E-state index contributed by atoms with van der Waals surface area (Å²) in [5, 5.41) is 0.738. The molecule has 1 aromatic rings. The number of benzene rings is 1. The van der Waals surface area contributed by atoms with Crippen molar-refractivity contribution in [1.82, 2.24) is 0 Å². The summed E-state index contributed by atoms with van der Waals surface area (Å²) in [6.07, 6.45) is 5.76. The summed E-state index contributed by atoms with van der Waals surface area (Å²) in [6.45, 7) is 4.64. The first kappa shape index (κ1) is 14.2. The normalized spacial score (nSPS) is 33.0. The van der Waals surface area contributed by atoms with Crippen molar-refractivity contribution in [3.05, 3.63) is 28.8 Å². The van der Waals surface area contributed by atoms with E-state index in [1.807, 2.05) is 18.2 Å². The van der Waals surface area contributed by atoms with Crippen molar-refractivity contribution in [2.24, 2.45) is 17.6 Å². The molecule has 1 aliphatic carbocycles.